The van der Waals surface area contributed by atoms with Crippen molar-refractivity contribution in [3.05, 3.63) is 36.7 Å². The number of phenolic OH excluding ortho intramolecular Hbond substituents is 1. The van der Waals surface area contributed by atoms with Crippen LogP contribution in [0.15, 0.2) is 36.7 Å². The van der Waals surface area contributed by atoms with E-state index in [9.17, 15) is 9.50 Å². The predicted molar refractivity (Wildman–Crippen MR) is 117 cm³/mol. The largest absolute Gasteiger partial charge is 0.507 e. The summed E-state index contributed by atoms with van der Waals surface area (Å²) in [5.41, 5.74) is 1.61. The number of nitrogens with zero attached hydrogens (tertiary/aromatic N) is 5. The molecule has 0 saturated carbocycles. The van der Waals surface area contributed by atoms with E-state index in [4.69, 9.17) is 0 Å². The van der Waals surface area contributed by atoms with E-state index in [0.717, 1.165) is 11.3 Å². The van der Waals surface area contributed by atoms with E-state index in [1.165, 1.54) is 6.20 Å². The smallest absolute Gasteiger partial charge is 0.243 e. The predicted octanol–water partition coefficient (Wildman–Crippen LogP) is 3.31. The number of aromatic hydroxyl groups is 1. The number of aryl methyl sites for hydroxylation is 1. The van der Waals surface area contributed by atoms with E-state index < -0.39 is 17.8 Å². The van der Waals surface area contributed by atoms with Gasteiger partial charge in [0, 0.05) is 35.4 Å². The minimum atomic E-state index is -1.12. The highest BCUT2D eigenvalue weighted by molar-refractivity contribution is 5.72. The highest BCUT2D eigenvalue weighted by Crippen LogP contribution is 2.33. The number of alkyl halides is 1. The minimum absolute atomic E-state index is 0.0608. The summed E-state index contributed by atoms with van der Waals surface area (Å²) in [5.74, 6) is 0.320. The fraction of sp³-hybridized carbons (Fsp3) is 0.455. The molecule has 2 atom stereocenters. The van der Waals surface area contributed by atoms with Gasteiger partial charge in [-0.3, -0.25) is 4.68 Å². The molecule has 2 aromatic heterocycles. The van der Waals surface area contributed by atoms with Crippen molar-refractivity contribution in [2.24, 2.45) is 7.05 Å². The first-order valence-corrected chi connectivity index (χ1v) is 10.3. The molecule has 0 bridgehead atoms. The fourth-order valence-corrected chi connectivity index (χ4v) is 4.38. The van der Waals surface area contributed by atoms with Crippen LogP contribution in [0.4, 0.5) is 10.3 Å². The third-order valence-corrected chi connectivity index (χ3v) is 5.59. The van der Waals surface area contributed by atoms with Gasteiger partial charge in [0.25, 0.3) is 0 Å². The summed E-state index contributed by atoms with van der Waals surface area (Å²) in [6.45, 7) is 7.81. The van der Waals surface area contributed by atoms with Gasteiger partial charge in [-0.2, -0.15) is 5.10 Å². The van der Waals surface area contributed by atoms with Gasteiger partial charge in [0.2, 0.25) is 5.95 Å². The van der Waals surface area contributed by atoms with Gasteiger partial charge >= 0.3 is 0 Å². The molecule has 0 spiro atoms. The highest BCUT2D eigenvalue weighted by Gasteiger charge is 2.46. The Balaban J connectivity index is 1.52. The van der Waals surface area contributed by atoms with Crippen LogP contribution >= 0.6 is 0 Å². The Bertz CT molecular complexity index is 1080. The number of hydrogen-bond acceptors (Lipinski definition) is 7. The average molecular weight is 426 g/mol. The van der Waals surface area contributed by atoms with E-state index >= 15 is 0 Å². The Labute approximate surface area is 180 Å². The number of halogens is 1. The van der Waals surface area contributed by atoms with Crippen LogP contribution in [0.2, 0.25) is 0 Å². The standard InChI is InChI=1S/C22H28FN7O/c1-21(2)11-16(19(23)22(3,4)29-21)25-20-24-12-17(26-27-20)14-7-6-13(10-18(14)31)15-8-9-30(5)28-15/h6-10,12,16,19,29,31H,11H2,1-5H3,(H,24,25,27)/t16-,19-/m0/s1. The van der Waals surface area contributed by atoms with E-state index in [0.29, 0.717) is 17.7 Å². The first kappa shape index (κ1) is 21.2. The van der Waals surface area contributed by atoms with Gasteiger partial charge in [-0.05, 0) is 52.3 Å². The molecule has 1 aliphatic heterocycles. The Hall–Kier alpha value is -3.07. The van der Waals surface area contributed by atoms with Crippen molar-refractivity contribution >= 4 is 5.95 Å². The molecule has 0 aliphatic carbocycles. The zero-order chi connectivity index (χ0) is 22.4. The van der Waals surface area contributed by atoms with Crippen molar-refractivity contribution < 1.29 is 9.50 Å². The summed E-state index contributed by atoms with van der Waals surface area (Å²) in [4.78, 5) is 4.31. The molecule has 4 rings (SSSR count). The normalized spacial score (nSPS) is 22.3. The molecule has 1 aliphatic rings. The minimum Gasteiger partial charge on any atom is -0.507 e. The molecule has 1 saturated heterocycles. The topological polar surface area (TPSA) is 101 Å². The zero-order valence-corrected chi connectivity index (χ0v) is 18.4. The molecule has 164 valence electrons. The van der Waals surface area contributed by atoms with Crippen molar-refractivity contribution in [1.82, 2.24) is 30.3 Å². The second-order valence-electron chi connectivity index (χ2n) is 9.36. The van der Waals surface area contributed by atoms with Gasteiger partial charge in [0.1, 0.15) is 17.6 Å². The second kappa shape index (κ2) is 7.56. The molecule has 0 radical (unpaired) electrons. The number of anilines is 1. The summed E-state index contributed by atoms with van der Waals surface area (Å²) in [6.07, 6.45) is 2.83. The average Bonchev–Trinajstić information content (AvgIpc) is 3.12. The van der Waals surface area contributed by atoms with Gasteiger partial charge in [0.15, 0.2) is 0 Å². The molecule has 1 fully saturated rings. The first-order valence-electron chi connectivity index (χ1n) is 10.3. The molecule has 9 heteroatoms. The lowest BCUT2D eigenvalue weighted by atomic mass is 9.78. The van der Waals surface area contributed by atoms with Crippen LogP contribution in [-0.2, 0) is 7.05 Å². The van der Waals surface area contributed by atoms with Crippen LogP contribution in [0, 0.1) is 0 Å². The van der Waals surface area contributed by atoms with Gasteiger partial charge < -0.3 is 15.7 Å². The molecule has 31 heavy (non-hydrogen) atoms. The first-order chi connectivity index (χ1) is 14.5. The van der Waals surface area contributed by atoms with Crippen molar-refractivity contribution in [2.45, 2.75) is 57.4 Å². The summed E-state index contributed by atoms with van der Waals surface area (Å²) >= 11 is 0. The number of piperidine rings is 1. The lowest BCUT2D eigenvalue weighted by Crippen LogP contribution is -2.67. The number of nitrogens with one attached hydrogen (secondary N) is 2. The number of aromatic nitrogens is 5. The maximum atomic E-state index is 15.0. The monoisotopic (exact) mass is 425 g/mol. The molecular formula is C22H28FN7O. The summed E-state index contributed by atoms with van der Waals surface area (Å²) < 4.78 is 16.7. The van der Waals surface area contributed by atoms with Gasteiger partial charge in [-0.1, -0.05) is 6.07 Å². The van der Waals surface area contributed by atoms with E-state index in [1.54, 1.807) is 16.8 Å². The number of rotatable bonds is 4. The molecule has 3 aromatic rings. The molecule has 1 aromatic carbocycles. The number of phenols is 1. The highest BCUT2D eigenvalue weighted by atomic mass is 19.1. The summed E-state index contributed by atoms with van der Waals surface area (Å²) in [5, 5.41) is 29.6. The Morgan fingerprint density at radius 3 is 2.55 bits per heavy atom. The summed E-state index contributed by atoms with van der Waals surface area (Å²) in [6, 6.07) is 6.69. The molecular weight excluding hydrogens is 397 g/mol. The maximum Gasteiger partial charge on any atom is 0.243 e. The van der Waals surface area contributed by atoms with E-state index in [1.807, 2.05) is 39.2 Å². The van der Waals surface area contributed by atoms with Crippen LogP contribution in [-0.4, -0.2) is 53.4 Å². The zero-order valence-electron chi connectivity index (χ0n) is 18.4. The number of hydrogen-bond donors (Lipinski definition) is 3. The lowest BCUT2D eigenvalue weighted by molar-refractivity contribution is 0.0654. The lowest BCUT2D eigenvalue weighted by Gasteiger charge is -2.48. The Morgan fingerprint density at radius 2 is 1.94 bits per heavy atom. The second-order valence-corrected chi connectivity index (χ2v) is 9.36. The van der Waals surface area contributed by atoms with Gasteiger partial charge in [-0.25, -0.2) is 9.37 Å². The molecule has 3 N–H and O–H groups in total. The van der Waals surface area contributed by atoms with Crippen LogP contribution in [0.25, 0.3) is 22.5 Å². The van der Waals surface area contributed by atoms with Crippen molar-refractivity contribution in [3.63, 3.8) is 0 Å². The van der Waals surface area contributed by atoms with Crippen molar-refractivity contribution in [1.29, 1.82) is 0 Å². The molecule has 0 unspecified atom stereocenters. The van der Waals surface area contributed by atoms with E-state index in [2.05, 4.69) is 44.8 Å². The third kappa shape index (κ3) is 4.36. The Kier molecular flexibility index (Phi) is 5.17. The number of benzene rings is 1. The SMILES string of the molecule is Cn1ccc(-c2ccc(-c3cnc(N[C@H]4CC(C)(C)NC(C)(C)[C@H]4F)nn3)c(O)c2)n1. The van der Waals surface area contributed by atoms with Crippen LogP contribution in [0.1, 0.15) is 34.1 Å². The van der Waals surface area contributed by atoms with Gasteiger partial charge in [0.05, 0.1) is 17.9 Å². The molecule has 3 heterocycles. The fourth-order valence-electron chi connectivity index (χ4n) is 4.38. The quantitative estimate of drug-likeness (QED) is 0.589. The van der Waals surface area contributed by atoms with E-state index in [-0.39, 0.29) is 17.2 Å². The van der Waals surface area contributed by atoms with Crippen molar-refractivity contribution in [2.75, 3.05) is 5.32 Å². The maximum absolute atomic E-state index is 15.0. The third-order valence-electron chi connectivity index (χ3n) is 5.59. The van der Waals surface area contributed by atoms with Crippen LogP contribution < -0.4 is 10.6 Å². The van der Waals surface area contributed by atoms with Crippen molar-refractivity contribution in [3.8, 4) is 28.3 Å². The molecule has 0 amide bonds. The van der Waals surface area contributed by atoms with Gasteiger partial charge in [-0.15, -0.1) is 10.2 Å². The Morgan fingerprint density at radius 1 is 1.16 bits per heavy atom. The van der Waals surface area contributed by atoms with Crippen LogP contribution in [0.5, 0.6) is 5.75 Å². The molecule has 8 nitrogen and oxygen atoms in total. The summed E-state index contributed by atoms with van der Waals surface area (Å²) in [7, 11) is 1.84. The van der Waals surface area contributed by atoms with Crippen LogP contribution in [0.3, 0.4) is 0 Å².